The van der Waals surface area contributed by atoms with Crippen LogP contribution in [-0.2, 0) is 5.41 Å². The molecule has 2 aliphatic rings. The molecule has 0 atom stereocenters. The number of nitrogens with zero attached hydrogens (tertiary/aromatic N) is 2. The molecule has 0 aliphatic heterocycles. The van der Waals surface area contributed by atoms with Crippen molar-refractivity contribution >= 4 is 66.4 Å². The van der Waals surface area contributed by atoms with E-state index >= 15 is 0 Å². The quantitative estimate of drug-likeness (QED) is 0.164. The van der Waals surface area contributed by atoms with Crippen LogP contribution in [0, 0.1) is 27.7 Å². The number of hydrogen-bond acceptors (Lipinski definition) is 2. The van der Waals surface area contributed by atoms with E-state index in [9.17, 15) is 0 Å². The number of hydrogen-bond donors (Lipinski definition) is 0. The van der Waals surface area contributed by atoms with Gasteiger partial charge < -0.3 is 9.80 Å². The summed E-state index contributed by atoms with van der Waals surface area (Å²) in [4.78, 5) is 4.85. The summed E-state index contributed by atoms with van der Waals surface area (Å²) in [6.07, 6.45) is 0. The Labute approximate surface area is 392 Å². The van der Waals surface area contributed by atoms with E-state index in [-0.39, 0.29) is 0 Å². The molecule has 318 valence electrons. The second kappa shape index (κ2) is 14.9. The van der Waals surface area contributed by atoms with Crippen molar-refractivity contribution in [1.82, 2.24) is 0 Å². The van der Waals surface area contributed by atoms with Crippen LogP contribution in [0.2, 0.25) is 0 Å². The van der Waals surface area contributed by atoms with Gasteiger partial charge in [0.15, 0.2) is 0 Å². The lowest BCUT2D eigenvalue weighted by Gasteiger charge is -2.33. The van der Waals surface area contributed by atoms with E-state index in [0.717, 1.165) is 22.7 Å². The van der Waals surface area contributed by atoms with Crippen LogP contribution in [0.15, 0.2) is 218 Å². The molecule has 11 aromatic rings. The topological polar surface area (TPSA) is 6.48 Å². The molecule has 0 bridgehead atoms. The summed E-state index contributed by atoms with van der Waals surface area (Å²) in [5.41, 5.74) is 22.0. The van der Waals surface area contributed by atoms with Crippen molar-refractivity contribution in [3.05, 3.63) is 263 Å². The molecule has 0 heterocycles. The zero-order valence-corrected chi connectivity index (χ0v) is 38.2. The van der Waals surface area contributed by atoms with Gasteiger partial charge >= 0.3 is 0 Å². The molecular formula is C65H48N2. The van der Waals surface area contributed by atoms with Gasteiger partial charge in [-0.3, -0.25) is 0 Å². The summed E-state index contributed by atoms with van der Waals surface area (Å²) in [6, 6.07) is 82.1. The Balaban J connectivity index is 1.10. The standard InChI is InChI=1S/C65H48N2/c1-41-23-25-43(3)60(37-41)66(48-16-7-5-8-17-48)50-30-34-53-46(39-50)27-32-55-56-33-28-47-40-51(67(49-18-9-6-10-19-49)61-38-42(2)24-26-44(61)4)31-35-54(47)64(56)65(63(53)55)58-22-14-13-21-57(58)62-52-20-12-11-15-45(52)29-36-59(62)65/h5-40H,1-4H3. The van der Waals surface area contributed by atoms with E-state index in [1.54, 1.807) is 0 Å². The molecule has 2 nitrogen and oxygen atoms in total. The van der Waals surface area contributed by atoms with Crippen LogP contribution in [0.3, 0.4) is 0 Å². The molecule has 67 heavy (non-hydrogen) atoms. The lowest BCUT2D eigenvalue weighted by atomic mass is 9.68. The van der Waals surface area contributed by atoms with Crippen LogP contribution in [0.4, 0.5) is 34.1 Å². The molecule has 0 amide bonds. The van der Waals surface area contributed by atoms with E-state index in [1.165, 1.54) is 110 Å². The second-order valence-electron chi connectivity index (χ2n) is 18.7. The fourth-order valence-electron chi connectivity index (χ4n) is 11.8. The van der Waals surface area contributed by atoms with Gasteiger partial charge in [0.05, 0.1) is 5.41 Å². The van der Waals surface area contributed by atoms with Gasteiger partial charge in [0.2, 0.25) is 0 Å². The first kappa shape index (κ1) is 39.2. The largest absolute Gasteiger partial charge is 0.310 e. The molecule has 0 N–H and O–H groups in total. The minimum absolute atomic E-state index is 0.582. The molecule has 0 radical (unpaired) electrons. The Morgan fingerprint density at radius 3 is 1.37 bits per heavy atom. The molecule has 0 aromatic heterocycles. The van der Waals surface area contributed by atoms with E-state index in [2.05, 4.69) is 256 Å². The summed E-state index contributed by atoms with van der Waals surface area (Å²) in [5, 5.41) is 7.55. The maximum atomic E-state index is 2.45. The Hall–Kier alpha value is -8.20. The molecule has 2 aliphatic carbocycles. The normalized spacial score (nSPS) is 12.9. The third kappa shape index (κ3) is 5.76. The van der Waals surface area contributed by atoms with Gasteiger partial charge in [-0.2, -0.15) is 0 Å². The van der Waals surface area contributed by atoms with Crippen LogP contribution in [0.25, 0.3) is 54.6 Å². The second-order valence-corrected chi connectivity index (χ2v) is 18.7. The van der Waals surface area contributed by atoms with Gasteiger partial charge in [-0.05, 0) is 187 Å². The van der Waals surface area contributed by atoms with Crippen LogP contribution in [-0.4, -0.2) is 0 Å². The molecule has 0 unspecified atom stereocenters. The molecule has 11 aromatic carbocycles. The van der Waals surface area contributed by atoms with E-state index in [1.807, 2.05) is 0 Å². The van der Waals surface area contributed by atoms with Gasteiger partial charge in [-0.15, -0.1) is 0 Å². The average Bonchev–Trinajstić information content (AvgIpc) is 3.84. The maximum absolute atomic E-state index is 2.45. The van der Waals surface area contributed by atoms with Crippen LogP contribution in [0.5, 0.6) is 0 Å². The molecule has 0 saturated heterocycles. The highest BCUT2D eigenvalue weighted by molar-refractivity contribution is 6.13. The highest BCUT2D eigenvalue weighted by Gasteiger charge is 2.53. The lowest BCUT2D eigenvalue weighted by Crippen LogP contribution is -2.26. The molecule has 1 spiro atoms. The average molecular weight is 857 g/mol. The van der Waals surface area contributed by atoms with Crippen LogP contribution < -0.4 is 9.80 Å². The number of anilines is 6. The first-order valence-corrected chi connectivity index (χ1v) is 23.5. The highest BCUT2D eigenvalue weighted by atomic mass is 15.1. The van der Waals surface area contributed by atoms with E-state index < -0.39 is 5.41 Å². The fourth-order valence-corrected chi connectivity index (χ4v) is 11.8. The van der Waals surface area contributed by atoms with Crippen molar-refractivity contribution in [2.45, 2.75) is 33.1 Å². The Morgan fingerprint density at radius 2 is 0.806 bits per heavy atom. The first-order chi connectivity index (χ1) is 32.9. The number of para-hydroxylation sites is 2. The van der Waals surface area contributed by atoms with E-state index in [4.69, 9.17) is 0 Å². The summed E-state index contributed by atoms with van der Waals surface area (Å²) in [7, 11) is 0. The predicted molar refractivity (Wildman–Crippen MR) is 284 cm³/mol. The third-order valence-electron chi connectivity index (χ3n) is 14.7. The molecule has 2 heteroatoms. The zero-order chi connectivity index (χ0) is 45.0. The fraction of sp³-hybridized carbons (Fsp3) is 0.0769. The van der Waals surface area contributed by atoms with Gasteiger partial charge in [0.1, 0.15) is 0 Å². The summed E-state index contributed by atoms with van der Waals surface area (Å²) < 4.78 is 0. The Kier molecular flexibility index (Phi) is 8.73. The van der Waals surface area contributed by atoms with E-state index in [0.29, 0.717) is 0 Å². The maximum Gasteiger partial charge on any atom is 0.0737 e. The molecule has 0 saturated carbocycles. The number of benzene rings is 11. The van der Waals surface area contributed by atoms with Gasteiger partial charge in [0.25, 0.3) is 0 Å². The smallest absolute Gasteiger partial charge is 0.0737 e. The SMILES string of the molecule is Cc1ccc(C)c(N(c2ccccc2)c2ccc3c4c(ccc3c2)-c2ccc3cc(N(c5ccccc5)c5cc(C)ccc5C)ccc3c2C42c3ccccc3-c3c2ccc2ccccc32)c1. The van der Waals surface area contributed by atoms with Gasteiger partial charge in [-0.1, -0.05) is 158 Å². The van der Waals surface area contributed by atoms with Crippen molar-refractivity contribution in [3.63, 3.8) is 0 Å². The summed E-state index contributed by atoms with van der Waals surface area (Å²) in [6.45, 7) is 8.80. The minimum Gasteiger partial charge on any atom is -0.310 e. The minimum atomic E-state index is -0.582. The zero-order valence-electron chi connectivity index (χ0n) is 38.2. The third-order valence-corrected chi connectivity index (χ3v) is 14.7. The summed E-state index contributed by atoms with van der Waals surface area (Å²) in [5.74, 6) is 0. The first-order valence-electron chi connectivity index (χ1n) is 23.5. The van der Waals surface area contributed by atoms with Crippen molar-refractivity contribution < 1.29 is 0 Å². The number of aryl methyl sites for hydroxylation is 4. The molecule has 13 rings (SSSR count). The summed E-state index contributed by atoms with van der Waals surface area (Å²) >= 11 is 0. The molecule has 0 fully saturated rings. The van der Waals surface area contributed by atoms with Gasteiger partial charge in [-0.25, -0.2) is 0 Å². The monoisotopic (exact) mass is 856 g/mol. The lowest BCUT2D eigenvalue weighted by molar-refractivity contribution is 0.810. The van der Waals surface area contributed by atoms with Crippen molar-refractivity contribution in [2.24, 2.45) is 0 Å². The predicted octanol–water partition coefficient (Wildman–Crippen LogP) is 17.7. The Morgan fingerprint density at radius 1 is 0.313 bits per heavy atom. The highest BCUT2D eigenvalue weighted by Crippen LogP contribution is 2.66. The van der Waals surface area contributed by atoms with Crippen molar-refractivity contribution in [2.75, 3.05) is 9.80 Å². The van der Waals surface area contributed by atoms with Crippen LogP contribution in [0.1, 0.15) is 44.5 Å². The number of rotatable bonds is 6. The van der Waals surface area contributed by atoms with Crippen molar-refractivity contribution in [1.29, 1.82) is 0 Å². The molecular weight excluding hydrogens is 809 g/mol. The van der Waals surface area contributed by atoms with Crippen molar-refractivity contribution in [3.8, 4) is 22.3 Å². The van der Waals surface area contributed by atoms with Crippen LogP contribution >= 0.6 is 0 Å². The number of fused-ring (bicyclic) bond motifs is 16. The van der Waals surface area contributed by atoms with Gasteiger partial charge in [0, 0.05) is 34.1 Å². The Bertz CT molecular complexity index is 3620.